The molecular formula is C16H19N5O2S. The van der Waals surface area contributed by atoms with Crippen LogP contribution in [-0.2, 0) is 10.0 Å². The normalized spacial score (nSPS) is 11.4. The summed E-state index contributed by atoms with van der Waals surface area (Å²) >= 11 is 0. The molecule has 0 amide bonds. The van der Waals surface area contributed by atoms with Crippen molar-refractivity contribution in [2.24, 2.45) is 10.7 Å². The number of hydrogen-bond donors (Lipinski definition) is 3. The Morgan fingerprint density at radius 2 is 1.71 bits per heavy atom. The van der Waals surface area contributed by atoms with Gasteiger partial charge in [-0.2, -0.15) is 0 Å². The number of guanidine groups is 1. The SMILES string of the molecule is CN(C)c1ccc(C=Nc2ccc(S(=O)(=O)NC(=N)N)cc2)cc1. The zero-order valence-corrected chi connectivity index (χ0v) is 14.2. The van der Waals surface area contributed by atoms with Crippen molar-refractivity contribution in [3.8, 4) is 0 Å². The molecule has 4 N–H and O–H groups in total. The topological polar surface area (TPSA) is 112 Å². The van der Waals surface area contributed by atoms with Crippen molar-refractivity contribution in [2.45, 2.75) is 4.90 Å². The second kappa shape index (κ2) is 7.14. The van der Waals surface area contributed by atoms with Crippen molar-refractivity contribution in [1.29, 1.82) is 5.41 Å². The molecule has 0 saturated heterocycles. The van der Waals surface area contributed by atoms with Gasteiger partial charge in [-0.25, -0.2) is 13.1 Å². The summed E-state index contributed by atoms with van der Waals surface area (Å²) in [6.07, 6.45) is 1.71. The maximum Gasteiger partial charge on any atom is 0.264 e. The standard InChI is InChI=1S/C16H19N5O2S/c1-21(2)14-7-3-12(4-8-14)11-19-13-5-9-15(10-6-13)24(22,23)20-16(17)18/h3-11H,1-2H3,(H4,17,18,20). The summed E-state index contributed by atoms with van der Waals surface area (Å²) in [5.74, 6) is -0.627. The molecule has 0 unspecified atom stereocenters. The summed E-state index contributed by atoms with van der Waals surface area (Å²) in [7, 11) is 0.131. The lowest BCUT2D eigenvalue weighted by Crippen LogP contribution is -2.35. The van der Waals surface area contributed by atoms with Gasteiger partial charge in [0.25, 0.3) is 10.0 Å². The molecule has 0 heterocycles. The maximum absolute atomic E-state index is 11.8. The van der Waals surface area contributed by atoms with Gasteiger partial charge in [-0.05, 0) is 42.0 Å². The molecule has 126 valence electrons. The van der Waals surface area contributed by atoms with E-state index in [0.717, 1.165) is 11.3 Å². The number of anilines is 1. The Balaban J connectivity index is 2.12. The number of nitrogens with one attached hydrogen (secondary N) is 2. The average molecular weight is 345 g/mol. The second-order valence-corrected chi connectivity index (χ2v) is 6.94. The van der Waals surface area contributed by atoms with E-state index in [0.29, 0.717) is 5.69 Å². The number of nitrogens with zero attached hydrogens (tertiary/aromatic N) is 2. The predicted molar refractivity (Wildman–Crippen MR) is 96.7 cm³/mol. The van der Waals surface area contributed by atoms with Crippen molar-refractivity contribution in [3.05, 3.63) is 54.1 Å². The molecule has 0 aliphatic heterocycles. The third kappa shape index (κ3) is 4.56. The van der Waals surface area contributed by atoms with Crippen LogP contribution in [0.15, 0.2) is 58.4 Å². The highest BCUT2D eigenvalue weighted by atomic mass is 32.2. The Morgan fingerprint density at radius 3 is 2.21 bits per heavy atom. The molecule has 24 heavy (non-hydrogen) atoms. The Hall–Kier alpha value is -2.87. The highest BCUT2D eigenvalue weighted by molar-refractivity contribution is 7.90. The van der Waals surface area contributed by atoms with Crippen LogP contribution in [0.3, 0.4) is 0 Å². The average Bonchev–Trinajstić information content (AvgIpc) is 2.52. The zero-order valence-electron chi connectivity index (χ0n) is 13.4. The molecule has 0 radical (unpaired) electrons. The minimum Gasteiger partial charge on any atom is -0.378 e. The van der Waals surface area contributed by atoms with Gasteiger partial charge in [0.2, 0.25) is 0 Å². The van der Waals surface area contributed by atoms with Crippen molar-refractivity contribution in [1.82, 2.24) is 4.72 Å². The van der Waals surface area contributed by atoms with Gasteiger partial charge in [-0.3, -0.25) is 10.4 Å². The summed E-state index contributed by atoms with van der Waals surface area (Å²) in [5.41, 5.74) is 7.71. The first-order chi connectivity index (χ1) is 11.3. The third-order valence-electron chi connectivity index (χ3n) is 3.16. The first-order valence-electron chi connectivity index (χ1n) is 7.06. The second-order valence-electron chi connectivity index (χ2n) is 5.26. The van der Waals surface area contributed by atoms with Crippen molar-refractivity contribution in [2.75, 3.05) is 19.0 Å². The number of benzene rings is 2. The van der Waals surface area contributed by atoms with E-state index in [1.807, 2.05) is 48.0 Å². The maximum atomic E-state index is 11.8. The number of hydrogen-bond acceptors (Lipinski definition) is 5. The lowest BCUT2D eigenvalue weighted by Gasteiger charge is -2.11. The highest BCUT2D eigenvalue weighted by Gasteiger charge is 2.13. The van der Waals surface area contributed by atoms with Crippen LogP contribution in [-0.4, -0.2) is 34.7 Å². The van der Waals surface area contributed by atoms with Crippen LogP contribution in [0.4, 0.5) is 11.4 Å². The Labute approximate surface area is 141 Å². The van der Waals surface area contributed by atoms with Crippen LogP contribution in [0.5, 0.6) is 0 Å². The smallest absolute Gasteiger partial charge is 0.264 e. The van der Waals surface area contributed by atoms with Crippen LogP contribution in [0.25, 0.3) is 0 Å². The molecular weight excluding hydrogens is 326 g/mol. The molecule has 8 heteroatoms. The van der Waals surface area contributed by atoms with E-state index in [4.69, 9.17) is 11.1 Å². The van der Waals surface area contributed by atoms with Crippen LogP contribution >= 0.6 is 0 Å². The van der Waals surface area contributed by atoms with Crippen LogP contribution in [0.2, 0.25) is 0 Å². The number of nitrogens with two attached hydrogens (primary N) is 1. The van der Waals surface area contributed by atoms with Gasteiger partial charge in [-0.1, -0.05) is 12.1 Å². The molecule has 0 spiro atoms. The summed E-state index contributed by atoms with van der Waals surface area (Å²) in [5, 5.41) is 7.01. The zero-order chi connectivity index (χ0) is 17.7. The van der Waals surface area contributed by atoms with E-state index >= 15 is 0 Å². The summed E-state index contributed by atoms with van der Waals surface area (Å²) < 4.78 is 25.6. The monoisotopic (exact) mass is 345 g/mol. The highest BCUT2D eigenvalue weighted by Crippen LogP contribution is 2.17. The molecule has 7 nitrogen and oxygen atoms in total. The molecule has 0 aliphatic carbocycles. The Kier molecular flexibility index (Phi) is 5.20. The largest absolute Gasteiger partial charge is 0.378 e. The molecule has 2 aromatic rings. The molecule has 2 rings (SSSR count). The Bertz CT molecular complexity index is 841. The molecule has 0 saturated carbocycles. The van der Waals surface area contributed by atoms with E-state index in [9.17, 15) is 8.42 Å². The quantitative estimate of drug-likeness (QED) is 0.565. The van der Waals surface area contributed by atoms with Gasteiger partial charge in [0.15, 0.2) is 5.96 Å². The molecule has 0 aromatic heterocycles. The number of aliphatic imine (C=N–C) groups is 1. The summed E-state index contributed by atoms with van der Waals surface area (Å²) in [4.78, 5) is 6.34. The Morgan fingerprint density at radius 1 is 1.12 bits per heavy atom. The van der Waals surface area contributed by atoms with E-state index in [2.05, 4.69) is 4.99 Å². The van der Waals surface area contributed by atoms with Crippen molar-refractivity contribution in [3.63, 3.8) is 0 Å². The summed E-state index contributed by atoms with van der Waals surface area (Å²) in [6.45, 7) is 0. The van der Waals surface area contributed by atoms with Crippen molar-refractivity contribution < 1.29 is 8.42 Å². The van der Waals surface area contributed by atoms with Gasteiger partial charge in [0.05, 0.1) is 10.6 Å². The van der Waals surface area contributed by atoms with Crippen LogP contribution < -0.4 is 15.4 Å². The van der Waals surface area contributed by atoms with E-state index in [1.165, 1.54) is 12.1 Å². The van der Waals surface area contributed by atoms with Gasteiger partial charge < -0.3 is 10.6 Å². The van der Waals surface area contributed by atoms with E-state index in [1.54, 1.807) is 18.3 Å². The molecule has 0 bridgehead atoms. The molecule has 0 atom stereocenters. The van der Waals surface area contributed by atoms with Crippen molar-refractivity contribution >= 4 is 33.6 Å². The van der Waals surface area contributed by atoms with Crippen LogP contribution in [0.1, 0.15) is 5.56 Å². The molecule has 0 fully saturated rings. The lowest BCUT2D eigenvalue weighted by atomic mass is 10.2. The third-order valence-corrected chi connectivity index (χ3v) is 4.54. The summed E-state index contributed by atoms with van der Waals surface area (Å²) in [6, 6.07) is 13.9. The van der Waals surface area contributed by atoms with E-state index < -0.39 is 16.0 Å². The van der Waals surface area contributed by atoms with Gasteiger partial charge in [0.1, 0.15) is 0 Å². The van der Waals surface area contributed by atoms with E-state index in [-0.39, 0.29) is 4.90 Å². The van der Waals surface area contributed by atoms with Crippen LogP contribution in [0, 0.1) is 5.41 Å². The van der Waals surface area contributed by atoms with Gasteiger partial charge in [-0.15, -0.1) is 0 Å². The first kappa shape index (κ1) is 17.5. The predicted octanol–water partition coefficient (Wildman–Crippen LogP) is 1.67. The minimum atomic E-state index is -3.81. The number of rotatable bonds is 5. The number of sulfonamides is 1. The fourth-order valence-corrected chi connectivity index (χ4v) is 2.82. The lowest BCUT2D eigenvalue weighted by molar-refractivity contribution is 0.592. The fourth-order valence-electron chi connectivity index (χ4n) is 1.92. The first-order valence-corrected chi connectivity index (χ1v) is 8.54. The van der Waals surface area contributed by atoms with Gasteiger partial charge in [0, 0.05) is 26.0 Å². The fraction of sp³-hybridized carbons (Fsp3) is 0.125. The van der Waals surface area contributed by atoms with Gasteiger partial charge >= 0.3 is 0 Å². The molecule has 2 aromatic carbocycles. The molecule has 0 aliphatic rings. The minimum absolute atomic E-state index is 0.0204.